The Bertz CT molecular complexity index is 458. The van der Waals surface area contributed by atoms with Crippen LogP contribution in [0, 0.1) is 13.8 Å². The number of carbonyl (C=O) groups is 1. The Morgan fingerprint density at radius 3 is 2.84 bits per heavy atom. The molecule has 3 heteroatoms. The van der Waals surface area contributed by atoms with Crippen LogP contribution in [0.25, 0.3) is 0 Å². The van der Waals surface area contributed by atoms with Gasteiger partial charge in [-0.15, -0.1) is 0 Å². The van der Waals surface area contributed by atoms with E-state index < -0.39 is 0 Å². The lowest BCUT2D eigenvalue weighted by Gasteiger charge is -2.29. The fraction of sp³-hybridized carbons (Fsp3) is 0.562. The van der Waals surface area contributed by atoms with Crippen LogP contribution < -0.4 is 0 Å². The summed E-state index contributed by atoms with van der Waals surface area (Å²) in [5.74, 6) is 0.201. The Balaban J connectivity index is 2.28. The Kier molecular flexibility index (Phi) is 5.03. The van der Waals surface area contributed by atoms with E-state index in [1.165, 1.54) is 18.4 Å². The highest BCUT2D eigenvalue weighted by atomic mass is 79.9. The molecule has 19 heavy (non-hydrogen) atoms. The van der Waals surface area contributed by atoms with Gasteiger partial charge in [-0.3, -0.25) is 4.79 Å². The summed E-state index contributed by atoms with van der Waals surface area (Å²) in [5.41, 5.74) is 3.17. The molecular formula is C16H22BrNO. The number of rotatable bonds is 2. The fourth-order valence-electron chi connectivity index (χ4n) is 2.74. The van der Waals surface area contributed by atoms with Crippen LogP contribution in [0.4, 0.5) is 0 Å². The summed E-state index contributed by atoms with van der Waals surface area (Å²) in [5, 5.41) is 0.879. The van der Waals surface area contributed by atoms with Crippen LogP contribution in [0.15, 0.2) is 18.2 Å². The van der Waals surface area contributed by atoms with E-state index in [1.54, 1.807) is 0 Å². The maximum absolute atomic E-state index is 12.8. The number of carbonyl (C=O) groups excluding carboxylic acids is 1. The zero-order valence-electron chi connectivity index (χ0n) is 11.8. The summed E-state index contributed by atoms with van der Waals surface area (Å²) in [6.45, 7) is 5.00. The smallest absolute Gasteiger partial charge is 0.254 e. The molecule has 1 heterocycles. The van der Waals surface area contributed by atoms with Crippen LogP contribution in [0.1, 0.15) is 47.2 Å². The van der Waals surface area contributed by atoms with Crippen LogP contribution in [-0.4, -0.2) is 28.7 Å². The van der Waals surface area contributed by atoms with Crippen LogP contribution in [0.5, 0.6) is 0 Å². The van der Waals surface area contributed by atoms with E-state index in [-0.39, 0.29) is 5.91 Å². The van der Waals surface area contributed by atoms with Gasteiger partial charge in [0.1, 0.15) is 0 Å². The summed E-state index contributed by atoms with van der Waals surface area (Å²) in [6, 6.07) is 6.35. The Hall–Kier alpha value is -0.830. The highest BCUT2D eigenvalue weighted by Gasteiger charge is 2.26. The monoisotopic (exact) mass is 323 g/mol. The van der Waals surface area contributed by atoms with Crippen molar-refractivity contribution in [3.8, 4) is 0 Å². The molecule has 0 bridgehead atoms. The fourth-order valence-corrected chi connectivity index (χ4v) is 3.42. The molecule has 1 saturated heterocycles. The normalized spacial score (nSPS) is 20.2. The number of hydrogen-bond acceptors (Lipinski definition) is 1. The zero-order chi connectivity index (χ0) is 13.8. The lowest BCUT2D eigenvalue weighted by molar-refractivity contribution is 0.0701. The minimum atomic E-state index is 0.201. The first kappa shape index (κ1) is 14.6. The van der Waals surface area contributed by atoms with Gasteiger partial charge in [0.2, 0.25) is 0 Å². The molecular weight excluding hydrogens is 302 g/mol. The van der Waals surface area contributed by atoms with E-state index in [0.29, 0.717) is 6.04 Å². The van der Waals surface area contributed by atoms with Crippen LogP contribution >= 0.6 is 15.9 Å². The molecule has 104 valence electrons. The van der Waals surface area contributed by atoms with E-state index in [0.717, 1.165) is 35.8 Å². The summed E-state index contributed by atoms with van der Waals surface area (Å²) < 4.78 is 0. The van der Waals surface area contributed by atoms with E-state index in [2.05, 4.69) is 33.8 Å². The molecule has 0 N–H and O–H groups in total. The predicted octanol–water partition coefficient (Wildman–Crippen LogP) is 4.08. The first-order valence-electron chi connectivity index (χ1n) is 7.08. The molecule has 1 aromatic carbocycles. The zero-order valence-corrected chi connectivity index (χ0v) is 13.4. The molecule has 0 aliphatic carbocycles. The SMILES string of the molecule is Cc1cccc(C(=O)N2CCCCCC2CBr)c1C. The number of likely N-dealkylation sites (tertiary alicyclic amines) is 1. The van der Waals surface area contributed by atoms with Crippen LogP contribution in [-0.2, 0) is 0 Å². The second-order valence-electron chi connectivity index (χ2n) is 5.40. The topological polar surface area (TPSA) is 20.3 Å². The maximum Gasteiger partial charge on any atom is 0.254 e. The Morgan fingerprint density at radius 1 is 1.32 bits per heavy atom. The number of aryl methyl sites for hydroxylation is 1. The van der Waals surface area contributed by atoms with Crippen molar-refractivity contribution in [3.63, 3.8) is 0 Å². The average molecular weight is 324 g/mol. The molecule has 1 amide bonds. The summed E-state index contributed by atoms with van der Waals surface area (Å²) in [6.07, 6.45) is 4.70. The van der Waals surface area contributed by atoms with Gasteiger partial charge in [0.05, 0.1) is 0 Å². The van der Waals surface area contributed by atoms with Gasteiger partial charge in [-0.2, -0.15) is 0 Å². The van der Waals surface area contributed by atoms with Crippen LogP contribution in [0.3, 0.4) is 0 Å². The molecule has 2 rings (SSSR count). The van der Waals surface area contributed by atoms with Crippen molar-refractivity contribution in [2.75, 3.05) is 11.9 Å². The van der Waals surface area contributed by atoms with Gasteiger partial charge in [0.25, 0.3) is 5.91 Å². The molecule has 1 aromatic rings. The minimum absolute atomic E-state index is 0.201. The van der Waals surface area contributed by atoms with Gasteiger partial charge in [0, 0.05) is 23.5 Å². The van der Waals surface area contributed by atoms with Gasteiger partial charge in [-0.25, -0.2) is 0 Å². The predicted molar refractivity (Wildman–Crippen MR) is 83.0 cm³/mol. The number of nitrogens with zero attached hydrogens (tertiary/aromatic N) is 1. The molecule has 0 radical (unpaired) electrons. The largest absolute Gasteiger partial charge is 0.335 e. The first-order valence-corrected chi connectivity index (χ1v) is 8.20. The lowest BCUT2D eigenvalue weighted by Crippen LogP contribution is -2.41. The van der Waals surface area contributed by atoms with Gasteiger partial charge >= 0.3 is 0 Å². The molecule has 1 fully saturated rings. The molecule has 0 spiro atoms. The minimum Gasteiger partial charge on any atom is -0.335 e. The number of hydrogen-bond donors (Lipinski definition) is 0. The quantitative estimate of drug-likeness (QED) is 0.751. The number of alkyl halides is 1. The summed E-state index contributed by atoms with van der Waals surface area (Å²) in [7, 11) is 0. The van der Waals surface area contributed by atoms with E-state index in [1.807, 2.05) is 19.1 Å². The molecule has 0 saturated carbocycles. The molecule has 1 unspecified atom stereocenters. The number of amides is 1. The van der Waals surface area contributed by atoms with Gasteiger partial charge in [0.15, 0.2) is 0 Å². The third-order valence-corrected chi connectivity index (χ3v) is 4.90. The van der Waals surface area contributed by atoms with E-state index >= 15 is 0 Å². The van der Waals surface area contributed by atoms with E-state index in [9.17, 15) is 4.79 Å². The number of halogens is 1. The lowest BCUT2D eigenvalue weighted by atomic mass is 10.0. The van der Waals surface area contributed by atoms with Crippen molar-refractivity contribution in [3.05, 3.63) is 34.9 Å². The third kappa shape index (κ3) is 3.19. The van der Waals surface area contributed by atoms with Crippen molar-refractivity contribution in [1.82, 2.24) is 4.90 Å². The van der Waals surface area contributed by atoms with Crippen molar-refractivity contribution >= 4 is 21.8 Å². The van der Waals surface area contributed by atoms with Gasteiger partial charge in [-0.05, 0) is 43.9 Å². The van der Waals surface area contributed by atoms with Crippen molar-refractivity contribution in [2.45, 2.75) is 45.6 Å². The molecule has 2 nitrogen and oxygen atoms in total. The van der Waals surface area contributed by atoms with Gasteiger partial charge < -0.3 is 4.90 Å². The highest BCUT2D eigenvalue weighted by molar-refractivity contribution is 9.09. The van der Waals surface area contributed by atoms with Crippen molar-refractivity contribution in [2.24, 2.45) is 0 Å². The van der Waals surface area contributed by atoms with Gasteiger partial charge in [-0.1, -0.05) is 40.9 Å². The maximum atomic E-state index is 12.8. The standard InChI is InChI=1S/C16H22BrNO/c1-12-7-6-9-15(13(12)2)16(19)18-10-5-3-4-8-14(18)11-17/h6-7,9,14H,3-5,8,10-11H2,1-2H3. The average Bonchev–Trinajstić information content (AvgIpc) is 2.66. The van der Waals surface area contributed by atoms with Crippen molar-refractivity contribution in [1.29, 1.82) is 0 Å². The molecule has 0 aromatic heterocycles. The molecule has 1 atom stereocenters. The molecule has 1 aliphatic heterocycles. The third-order valence-electron chi connectivity index (χ3n) is 4.15. The van der Waals surface area contributed by atoms with Crippen molar-refractivity contribution < 1.29 is 4.79 Å². The Morgan fingerprint density at radius 2 is 2.11 bits per heavy atom. The summed E-state index contributed by atoms with van der Waals surface area (Å²) >= 11 is 3.57. The second-order valence-corrected chi connectivity index (χ2v) is 6.05. The molecule has 1 aliphatic rings. The van der Waals surface area contributed by atoms with Crippen LogP contribution in [0.2, 0.25) is 0 Å². The first-order chi connectivity index (χ1) is 9.15. The number of benzene rings is 1. The highest BCUT2D eigenvalue weighted by Crippen LogP contribution is 2.22. The second kappa shape index (κ2) is 6.56. The summed E-state index contributed by atoms with van der Waals surface area (Å²) in [4.78, 5) is 14.9. The Labute approximate surface area is 124 Å². The van der Waals surface area contributed by atoms with E-state index in [4.69, 9.17) is 0 Å².